The number of rotatable bonds is 4. The molecule has 1 aromatic carbocycles. The molecule has 5 atom stereocenters. The van der Waals surface area contributed by atoms with E-state index >= 15 is 0 Å². The first-order chi connectivity index (χ1) is 12.5. The molecule has 26 heavy (non-hydrogen) atoms. The first-order valence-electron chi connectivity index (χ1n) is 9.86. The van der Waals surface area contributed by atoms with Gasteiger partial charge in [0.1, 0.15) is 6.10 Å². The smallest absolute Gasteiger partial charge is 0.311 e. The van der Waals surface area contributed by atoms with Crippen molar-refractivity contribution in [1.29, 1.82) is 0 Å². The van der Waals surface area contributed by atoms with Gasteiger partial charge in [-0.2, -0.15) is 0 Å². The number of nitrogens with one attached hydrogen (secondary N) is 1. The van der Waals surface area contributed by atoms with Crippen LogP contribution in [0.2, 0.25) is 0 Å². The fourth-order valence-corrected chi connectivity index (χ4v) is 5.02. The Labute approximate surface area is 156 Å². The summed E-state index contributed by atoms with van der Waals surface area (Å²) in [5.41, 5.74) is 4.25. The Bertz CT molecular complexity index is 751. The van der Waals surface area contributed by atoms with Gasteiger partial charge in [0.15, 0.2) is 0 Å². The molecular formula is C23H29NO2. The molecule has 0 aromatic heterocycles. The summed E-state index contributed by atoms with van der Waals surface area (Å²) in [6.07, 6.45) is 8.00. The van der Waals surface area contributed by atoms with Crippen LogP contribution in [0.25, 0.3) is 0 Å². The summed E-state index contributed by atoms with van der Waals surface area (Å²) in [5, 5.41) is 3.55. The van der Waals surface area contributed by atoms with E-state index in [9.17, 15) is 4.79 Å². The molecule has 3 heteroatoms. The molecule has 0 bridgehead atoms. The van der Waals surface area contributed by atoms with Crippen LogP contribution in [0.3, 0.4) is 0 Å². The minimum atomic E-state index is -0.0852. The lowest BCUT2D eigenvalue weighted by Gasteiger charge is -2.42. The molecule has 1 N–H and O–H groups in total. The molecule has 0 unspecified atom stereocenters. The fraction of sp³-hybridized carbons (Fsp3) is 0.522. The van der Waals surface area contributed by atoms with Crippen LogP contribution >= 0.6 is 0 Å². The molecule has 1 fully saturated rings. The van der Waals surface area contributed by atoms with Gasteiger partial charge in [0.2, 0.25) is 0 Å². The van der Waals surface area contributed by atoms with Crippen molar-refractivity contribution in [3.05, 3.63) is 59.2 Å². The number of ether oxygens (including phenoxy) is 1. The van der Waals surface area contributed by atoms with Gasteiger partial charge < -0.3 is 10.1 Å². The van der Waals surface area contributed by atoms with Gasteiger partial charge in [-0.25, -0.2) is 0 Å². The minimum absolute atomic E-state index is 0.0338. The van der Waals surface area contributed by atoms with E-state index in [1.54, 1.807) is 0 Å². The van der Waals surface area contributed by atoms with Gasteiger partial charge in [-0.1, -0.05) is 55.0 Å². The summed E-state index contributed by atoms with van der Waals surface area (Å²) >= 11 is 0. The molecule has 1 aliphatic heterocycles. The van der Waals surface area contributed by atoms with Gasteiger partial charge >= 0.3 is 5.97 Å². The van der Waals surface area contributed by atoms with Gasteiger partial charge in [-0.05, 0) is 49.7 Å². The number of carbonyl (C=O) groups is 1. The highest BCUT2D eigenvalue weighted by Crippen LogP contribution is 2.52. The molecule has 0 saturated carbocycles. The largest absolute Gasteiger partial charge is 0.461 e. The van der Waals surface area contributed by atoms with Crippen molar-refractivity contribution < 1.29 is 9.53 Å². The highest BCUT2D eigenvalue weighted by Gasteiger charge is 2.50. The van der Waals surface area contributed by atoms with E-state index in [2.05, 4.69) is 62.5 Å². The summed E-state index contributed by atoms with van der Waals surface area (Å²) in [7, 11) is 0. The number of carbonyl (C=O) groups excluding carboxylic acids is 1. The summed E-state index contributed by atoms with van der Waals surface area (Å²) < 4.78 is 5.82. The molecule has 138 valence electrons. The van der Waals surface area contributed by atoms with Gasteiger partial charge in [0, 0.05) is 18.5 Å². The molecule has 1 saturated heterocycles. The number of fused-ring (bicyclic) bond motifs is 2. The quantitative estimate of drug-likeness (QED) is 0.808. The van der Waals surface area contributed by atoms with Crippen LogP contribution in [0.1, 0.15) is 51.6 Å². The van der Waals surface area contributed by atoms with Crippen molar-refractivity contribution in [1.82, 2.24) is 5.32 Å². The number of esters is 1. The molecule has 1 aromatic rings. The van der Waals surface area contributed by atoms with Crippen LogP contribution < -0.4 is 5.32 Å². The van der Waals surface area contributed by atoms with Gasteiger partial charge in [-0.15, -0.1) is 0 Å². The van der Waals surface area contributed by atoms with Crippen molar-refractivity contribution >= 4 is 5.97 Å². The third-order valence-electron chi connectivity index (χ3n) is 6.64. The molecule has 3 aliphatic rings. The number of allylic oxidation sites excluding steroid dienone is 3. The molecular weight excluding hydrogens is 322 g/mol. The van der Waals surface area contributed by atoms with Crippen LogP contribution in [0.5, 0.6) is 0 Å². The van der Waals surface area contributed by atoms with Crippen molar-refractivity contribution in [3.63, 3.8) is 0 Å². The average Bonchev–Trinajstić information content (AvgIpc) is 2.92. The number of hydrogen-bond acceptors (Lipinski definition) is 3. The standard InChI is InChI=1S/C23H29NO2/c1-15-8-7-11-23(3)13-21-18(12-20(15)23)19(22(25)26-21)14-24-16(2)17-9-5-4-6-10-17/h4-6,8-10,12,16,18-19,21,24H,7,11,13-14H2,1-3H3/t16-,18-,19+,21+,23-/m0/s1. The first kappa shape index (κ1) is 17.5. The van der Waals surface area contributed by atoms with Crippen molar-refractivity contribution in [3.8, 4) is 0 Å². The molecule has 0 spiro atoms. The molecule has 1 heterocycles. The third-order valence-corrected chi connectivity index (χ3v) is 6.64. The minimum Gasteiger partial charge on any atom is -0.461 e. The second kappa shape index (κ2) is 6.70. The van der Waals surface area contributed by atoms with E-state index in [-0.39, 0.29) is 35.4 Å². The van der Waals surface area contributed by atoms with E-state index in [4.69, 9.17) is 4.74 Å². The monoisotopic (exact) mass is 351 g/mol. The summed E-state index contributed by atoms with van der Waals surface area (Å²) in [5.74, 6) is 0.0777. The van der Waals surface area contributed by atoms with Crippen molar-refractivity contribution in [2.24, 2.45) is 17.3 Å². The fourth-order valence-electron chi connectivity index (χ4n) is 5.02. The lowest BCUT2D eigenvalue weighted by Crippen LogP contribution is -2.38. The van der Waals surface area contributed by atoms with E-state index in [0.717, 1.165) is 19.3 Å². The number of benzene rings is 1. The van der Waals surface area contributed by atoms with E-state index in [0.29, 0.717) is 6.54 Å². The van der Waals surface area contributed by atoms with Crippen LogP contribution in [-0.4, -0.2) is 18.6 Å². The predicted molar refractivity (Wildman–Crippen MR) is 104 cm³/mol. The van der Waals surface area contributed by atoms with Crippen molar-refractivity contribution in [2.45, 2.75) is 52.2 Å². The Kier molecular flexibility index (Phi) is 4.52. The maximum atomic E-state index is 12.6. The Hall–Kier alpha value is -1.87. The maximum Gasteiger partial charge on any atom is 0.311 e. The van der Waals surface area contributed by atoms with E-state index < -0.39 is 0 Å². The SMILES string of the molecule is CC1=CCC[C@@]2(C)C[C@H]3OC(=O)[C@H](CN[C@@H](C)c4ccccc4)[C@@H]3C=C12. The highest BCUT2D eigenvalue weighted by molar-refractivity contribution is 5.76. The zero-order valence-corrected chi connectivity index (χ0v) is 16.0. The first-order valence-corrected chi connectivity index (χ1v) is 9.86. The Balaban J connectivity index is 1.52. The average molecular weight is 351 g/mol. The normalized spacial score (nSPS) is 34.3. The second-order valence-electron chi connectivity index (χ2n) is 8.47. The van der Waals surface area contributed by atoms with Gasteiger partial charge in [-0.3, -0.25) is 4.79 Å². The molecule has 4 rings (SSSR count). The molecule has 2 aliphatic carbocycles. The summed E-state index contributed by atoms with van der Waals surface area (Å²) in [6, 6.07) is 10.6. The Morgan fingerprint density at radius 1 is 1.31 bits per heavy atom. The van der Waals surface area contributed by atoms with Crippen LogP contribution in [0.4, 0.5) is 0 Å². The zero-order chi connectivity index (χ0) is 18.3. The Morgan fingerprint density at radius 2 is 2.08 bits per heavy atom. The van der Waals surface area contributed by atoms with Crippen LogP contribution in [0, 0.1) is 17.3 Å². The topological polar surface area (TPSA) is 38.3 Å². The molecule has 3 nitrogen and oxygen atoms in total. The predicted octanol–water partition coefficient (Wildman–Crippen LogP) is 4.57. The summed E-state index contributed by atoms with van der Waals surface area (Å²) in [4.78, 5) is 12.6. The zero-order valence-electron chi connectivity index (χ0n) is 16.0. The number of hydrogen-bond donors (Lipinski definition) is 1. The molecule has 0 amide bonds. The lowest BCUT2D eigenvalue weighted by atomic mass is 9.62. The lowest BCUT2D eigenvalue weighted by molar-refractivity contribution is -0.145. The van der Waals surface area contributed by atoms with Gasteiger partial charge in [0.05, 0.1) is 5.92 Å². The molecule has 0 radical (unpaired) electrons. The van der Waals surface area contributed by atoms with E-state index in [1.165, 1.54) is 16.7 Å². The van der Waals surface area contributed by atoms with Crippen LogP contribution in [-0.2, 0) is 9.53 Å². The Morgan fingerprint density at radius 3 is 2.85 bits per heavy atom. The van der Waals surface area contributed by atoms with Crippen LogP contribution in [0.15, 0.2) is 53.6 Å². The van der Waals surface area contributed by atoms with E-state index in [1.807, 2.05) is 6.07 Å². The second-order valence-corrected chi connectivity index (χ2v) is 8.47. The summed E-state index contributed by atoms with van der Waals surface area (Å²) in [6.45, 7) is 7.37. The van der Waals surface area contributed by atoms with Crippen molar-refractivity contribution in [2.75, 3.05) is 6.54 Å². The van der Waals surface area contributed by atoms with Gasteiger partial charge in [0.25, 0.3) is 0 Å². The maximum absolute atomic E-state index is 12.6. The third kappa shape index (κ3) is 3.03. The highest BCUT2D eigenvalue weighted by atomic mass is 16.6.